The molecule has 0 amide bonds. The first kappa shape index (κ1) is 13.5. The molecule has 7 heteroatoms. The van der Waals surface area contributed by atoms with Gasteiger partial charge in [0.05, 0.1) is 11.9 Å². The van der Waals surface area contributed by atoms with Crippen LogP contribution in [0.2, 0.25) is 0 Å². The summed E-state index contributed by atoms with van der Waals surface area (Å²) in [7, 11) is 0. The van der Waals surface area contributed by atoms with Gasteiger partial charge in [-0.05, 0) is 0 Å². The molecule has 0 aliphatic rings. The van der Waals surface area contributed by atoms with Crippen molar-refractivity contribution in [3.63, 3.8) is 0 Å². The second kappa shape index (κ2) is 5.40. The van der Waals surface area contributed by atoms with Crippen LogP contribution in [-0.2, 0) is 6.54 Å². The predicted octanol–water partition coefficient (Wildman–Crippen LogP) is 2.18. The van der Waals surface area contributed by atoms with Gasteiger partial charge < -0.3 is 5.32 Å². The van der Waals surface area contributed by atoms with Gasteiger partial charge >= 0.3 is 0 Å². The summed E-state index contributed by atoms with van der Waals surface area (Å²) in [4.78, 5) is 0. The third-order valence-electron chi connectivity index (χ3n) is 2.51. The molecule has 4 nitrogen and oxygen atoms in total. The second-order valence-corrected chi connectivity index (χ2v) is 4.39. The minimum Gasteiger partial charge on any atom is -0.309 e. The van der Waals surface area contributed by atoms with Gasteiger partial charge in [0.2, 0.25) is 0 Å². The van der Waals surface area contributed by atoms with E-state index in [2.05, 4.69) is 15.6 Å². The topological polar surface area (TPSA) is 42.7 Å². The van der Waals surface area contributed by atoms with Crippen LogP contribution in [-0.4, -0.2) is 21.0 Å². The number of rotatable bonds is 4. The number of hydrogen-bond acceptors (Lipinski definition) is 3. The van der Waals surface area contributed by atoms with E-state index in [-0.39, 0.29) is 11.7 Å². The van der Waals surface area contributed by atoms with Gasteiger partial charge in [0.25, 0.3) is 0 Å². The van der Waals surface area contributed by atoms with Gasteiger partial charge in [-0.2, -0.15) is 0 Å². The Labute approximate surface area is 108 Å². The van der Waals surface area contributed by atoms with Crippen LogP contribution in [0.25, 0.3) is 5.69 Å². The zero-order valence-corrected chi connectivity index (χ0v) is 10.5. The van der Waals surface area contributed by atoms with Gasteiger partial charge in [-0.25, -0.2) is 17.9 Å². The van der Waals surface area contributed by atoms with E-state index in [1.165, 1.54) is 6.20 Å². The first-order valence-electron chi connectivity index (χ1n) is 5.77. The Morgan fingerprint density at radius 1 is 1.26 bits per heavy atom. The van der Waals surface area contributed by atoms with E-state index in [0.717, 1.165) is 10.7 Å². The van der Waals surface area contributed by atoms with Crippen LogP contribution in [0.4, 0.5) is 13.2 Å². The molecule has 1 N–H and O–H groups in total. The van der Waals surface area contributed by atoms with Crippen LogP contribution in [0, 0.1) is 17.5 Å². The largest absolute Gasteiger partial charge is 0.309 e. The number of nitrogens with one attached hydrogen (secondary N) is 1. The van der Waals surface area contributed by atoms with Gasteiger partial charge in [0, 0.05) is 24.7 Å². The van der Waals surface area contributed by atoms with Crippen LogP contribution in [0.3, 0.4) is 0 Å². The van der Waals surface area contributed by atoms with Gasteiger partial charge in [-0.3, -0.25) is 0 Å². The van der Waals surface area contributed by atoms with Crippen molar-refractivity contribution >= 4 is 0 Å². The molecule has 102 valence electrons. The molecule has 1 heterocycles. The van der Waals surface area contributed by atoms with E-state index in [1.54, 1.807) is 0 Å². The van der Waals surface area contributed by atoms with Crippen LogP contribution < -0.4 is 5.32 Å². The van der Waals surface area contributed by atoms with Crippen molar-refractivity contribution < 1.29 is 13.2 Å². The lowest BCUT2D eigenvalue weighted by atomic mass is 10.2. The Balaban J connectivity index is 2.40. The Bertz CT molecular complexity index is 580. The van der Waals surface area contributed by atoms with Crippen molar-refractivity contribution in [3.8, 4) is 5.69 Å². The number of nitrogens with zero attached hydrogens (tertiary/aromatic N) is 3. The van der Waals surface area contributed by atoms with Crippen LogP contribution in [0.15, 0.2) is 18.3 Å². The highest BCUT2D eigenvalue weighted by atomic mass is 19.2. The van der Waals surface area contributed by atoms with Crippen molar-refractivity contribution in [1.82, 2.24) is 20.3 Å². The molecule has 1 aromatic heterocycles. The van der Waals surface area contributed by atoms with E-state index >= 15 is 0 Å². The summed E-state index contributed by atoms with van der Waals surface area (Å²) < 4.78 is 41.1. The molecule has 2 rings (SSSR count). The first-order chi connectivity index (χ1) is 8.99. The number of aromatic nitrogens is 3. The molecule has 0 aliphatic carbocycles. The zero-order valence-electron chi connectivity index (χ0n) is 10.5. The lowest BCUT2D eigenvalue weighted by molar-refractivity contribution is 0.483. The summed E-state index contributed by atoms with van der Waals surface area (Å²) in [5, 5.41) is 10.4. The molecule has 0 saturated heterocycles. The van der Waals surface area contributed by atoms with Gasteiger partial charge in [-0.15, -0.1) is 5.10 Å². The zero-order chi connectivity index (χ0) is 14.0. The maximum absolute atomic E-state index is 13.7. The van der Waals surface area contributed by atoms with Crippen molar-refractivity contribution in [1.29, 1.82) is 0 Å². The summed E-state index contributed by atoms with van der Waals surface area (Å²) in [5.74, 6) is -3.28. The quantitative estimate of drug-likeness (QED) is 0.866. The van der Waals surface area contributed by atoms with Crippen molar-refractivity contribution in [2.24, 2.45) is 0 Å². The third kappa shape index (κ3) is 2.93. The molecular formula is C12H13F3N4. The van der Waals surface area contributed by atoms with Crippen molar-refractivity contribution in [2.45, 2.75) is 26.4 Å². The third-order valence-corrected chi connectivity index (χ3v) is 2.51. The number of benzene rings is 1. The lowest BCUT2D eigenvalue weighted by Crippen LogP contribution is -2.23. The first-order valence-corrected chi connectivity index (χ1v) is 5.77. The number of halogens is 3. The molecule has 2 aromatic rings. The summed E-state index contributed by atoms with van der Waals surface area (Å²) in [5.41, 5.74) is 0.216. The smallest absolute Gasteiger partial charge is 0.184 e. The average Bonchev–Trinajstić information content (AvgIpc) is 2.79. The lowest BCUT2D eigenvalue weighted by Gasteiger charge is -2.10. The Hall–Kier alpha value is -1.89. The van der Waals surface area contributed by atoms with Gasteiger partial charge in [-0.1, -0.05) is 19.1 Å². The van der Waals surface area contributed by atoms with Crippen molar-refractivity contribution in [3.05, 3.63) is 41.5 Å². The van der Waals surface area contributed by atoms with Crippen molar-refractivity contribution in [2.75, 3.05) is 0 Å². The predicted molar refractivity (Wildman–Crippen MR) is 63.2 cm³/mol. The molecule has 0 aliphatic heterocycles. The molecule has 0 unspecified atom stereocenters. The maximum atomic E-state index is 13.7. The Morgan fingerprint density at radius 2 is 2.00 bits per heavy atom. The van der Waals surface area contributed by atoms with E-state index in [9.17, 15) is 13.2 Å². The van der Waals surface area contributed by atoms with Crippen LogP contribution >= 0.6 is 0 Å². The monoisotopic (exact) mass is 270 g/mol. The Kier molecular flexibility index (Phi) is 3.84. The van der Waals surface area contributed by atoms with Crippen LogP contribution in [0.5, 0.6) is 0 Å². The Morgan fingerprint density at radius 3 is 2.68 bits per heavy atom. The maximum Gasteiger partial charge on any atom is 0.184 e. The summed E-state index contributed by atoms with van der Waals surface area (Å²) in [6.45, 7) is 4.25. The SMILES string of the molecule is CC(C)NCc1cnnn1-c1cc(F)cc(F)c1F. The second-order valence-electron chi connectivity index (χ2n) is 4.39. The fourth-order valence-electron chi connectivity index (χ4n) is 1.58. The normalized spacial score (nSPS) is 11.3. The molecule has 0 atom stereocenters. The van der Waals surface area contributed by atoms with E-state index < -0.39 is 17.5 Å². The molecule has 0 fully saturated rings. The van der Waals surface area contributed by atoms with E-state index in [0.29, 0.717) is 18.3 Å². The molecule has 0 spiro atoms. The standard InChI is InChI=1S/C12H13F3N4/c1-7(2)16-5-9-6-17-18-19(9)11-4-8(13)3-10(14)12(11)15/h3-4,6-7,16H,5H2,1-2H3. The molecule has 19 heavy (non-hydrogen) atoms. The molecule has 0 bridgehead atoms. The highest BCUT2D eigenvalue weighted by Crippen LogP contribution is 2.19. The minimum atomic E-state index is -1.26. The molecular weight excluding hydrogens is 257 g/mol. The van der Waals surface area contributed by atoms with Crippen LogP contribution in [0.1, 0.15) is 19.5 Å². The minimum absolute atomic E-state index is 0.206. The molecule has 0 radical (unpaired) electrons. The summed E-state index contributed by atoms with van der Waals surface area (Å²) in [6, 6.07) is 1.57. The molecule has 1 aromatic carbocycles. The average molecular weight is 270 g/mol. The van der Waals surface area contributed by atoms with E-state index in [1.807, 2.05) is 13.8 Å². The fourth-order valence-corrected chi connectivity index (χ4v) is 1.58. The summed E-state index contributed by atoms with van der Waals surface area (Å²) in [6.07, 6.45) is 1.41. The van der Waals surface area contributed by atoms with Gasteiger partial charge in [0.1, 0.15) is 11.5 Å². The highest BCUT2D eigenvalue weighted by Gasteiger charge is 2.16. The fraction of sp³-hybridized carbons (Fsp3) is 0.333. The van der Waals surface area contributed by atoms with Gasteiger partial charge in [0.15, 0.2) is 11.6 Å². The van der Waals surface area contributed by atoms with E-state index in [4.69, 9.17) is 0 Å². The number of hydrogen-bond donors (Lipinski definition) is 1. The highest BCUT2D eigenvalue weighted by molar-refractivity contribution is 5.35. The summed E-state index contributed by atoms with van der Waals surface area (Å²) >= 11 is 0. The molecule has 0 saturated carbocycles.